The van der Waals surface area contributed by atoms with Crippen LogP contribution in [0.1, 0.15) is 90.0 Å². The van der Waals surface area contributed by atoms with Crippen LogP contribution in [0.5, 0.6) is 0 Å². The topological polar surface area (TPSA) is 142 Å². The smallest absolute Gasteiger partial charge is 0.336 e. The number of unbranched alkanes of at least 4 members (excludes halogenated alkanes) is 3. The van der Waals surface area contributed by atoms with E-state index < -0.39 is 18.2 Å². The Bertz CT molecular complexity index is 1740. The van der Waals surface area contributed by atoms with E-state index in [0.29, 0.717) is 36.5 Å². The average Bonchev–Trinajstić information content (AvgIpc) is 3.14. The van der Waals surface area contributed by atoms with Crippen LogP contribution < -0.4 is 5.32 Å². The lowest BCUT2D eigenvalue weighted by Gasteiger charge is -2.36. The summed E-state index contributed by atoms with van der Waals surface area (Å²) in [5.41, 5.74) is 5.83. The monoisotopic (exact) mass is 697 g/mol. The molecule has 0 saturated carbocycles. The molecular formula is C40H43NO8S. The van der Waals surface area contributed by atoms with Crippen LogP contribution in [0.15, 0.2) is 102 Å². The number of thioether (sulfide) groups is 1. The SMILES string of the molecule is O=C(O)CCCCCCC(=O)NCc1cccc(-c2cccc([C@@H]3O[C@H](CSc4ccccc4C(=O)O)C[C@H](c4ccc(CO)cc4)O3)c2)c1. The Morgan fingerprint density at radius 1 is 0.740 bits per heavy atom. The molecule has 0 unspecified atom stereocenters. The summed E-state index contributed by atoms with van der Waals surface area (Å²) >= 11 is 1.45. The van der Waals surface area contributed by atoms with Crippen molar-refractivity contribution in [2.75, 3.05) is 5.75 Å². The number of ether oxygens (including phenoxy) is 2. The Morgan fingerprint density at radius 3 is 2.20 bits per heavy atom. The van der Waals surface area contributed by atoms with Crippen LogP contribution in [0, 0.1) is 0 Å². The number of aliphatic hydroxyl groups excluding tert-OH is 1. The van der Waals surface area contributed by atoms with Gasteiger partial charge in [0.15, 0.2) is 6.29 Å². The molecule has 10 heteroatoms. The molecular weight excluding hydrogens is 655 g/mol. The number of nitrogens with one attached hydrogen (secondary N) is 1. The Kier molecular flexibility index (Phi) is 13.6. The standard InChI is InChI=1S/C40H43NO8S/c42-25-27-17-19-29(20-18-27)35-23-33(26-50-36-14-6-5-13-34(36)39(46)47)48-40(49-35)32-12-8-11-31(22-32)30-10-7-9-28(21-30)24-41-37(43)15-3-1-2-4-16-38(44)45/h5-14,17-22,33,35,40,42H,1-4,15-16,23-26H2,(H,41,43)(H,44,45)(H,46,47)/t33-,35+,40+/m0/s1. The first-order valence-electron chi connectivity index (χ1n) is 16.9. The van der Waals surface area contributed by atoms with E-state index in [9.17, 15) is 24.6 Å². The summed E-state index contributed by atoms with van der Waals surface area (Å²) < 4.78 is 13.1. The quantitative estimate of drug-likeness (QED) is 0.0639. The first-order valence-corrected chi connectivity index (χ1v) is 17.9. The molecule has 4 aromatic rings. The van der Waals surface area contributed by atoms with Gasteiger partial charge in [-0.25, -0.2) is 4.79 Å². The molecule has 1 saturated heterocycles. The van der Waals surface area contributed by atoms with Crippen LogP contribution in [-0.2, 0) is 32.2 Å². The summed E-state index contributed by atoms with van der Waals surface area (Å²) in [4.78, 5) is 35.6. The van der Waals surface area contributed by atoms with Crippen LogP contribution in [0.2, 0.25) is 0 Å². The number of carboxylic acids is 2. The van der Waals surface area contributed by atoms with E-state index in [1.165, 1.54) is 11.8 Å². The number of hydrogen-bond acceptors (Lipinski definition) is 7. The highest BCUT2D eigenvalue weighted by Gasteiger charge is 2.32. The number of hydrogen-bond donors (Lipinski definition) is 4. The van der Waals surface area contributed by atoms with Gasteiger partial charge in [-0.05, 0) is 64.9 Å². The Labute approximate surface area is 296 Å². The molecule has 9 nitrogen and oxygen atoms in total. The van der Waals surface area contributed by atoms with Gasteiger partial charge in [-0.1, -0.05) is 85.6 Å². The van der Waals surface area contributed by atoms with Crippen molar-refractivity contribution in [3.05, 3.63) is 125 Å². The highest BCUT2D eigenvalue weighted by atomic mass is 32.2. The van der Waals surface area contributed by atoms with E-state index in [2.05, 4.69) is 11.4 Å². The van der Waals surface area contributed by atoms with Crippen LogP contribution in [0.4, 0.5) is 0 Å². The second-order valence-electron chi connectivity index (χ2n) is 12.4. The summed E-state index contributed by atoms with van der Waals surface area (Å²) in [6.45, 7) is 0.360. The van der Waals surface area contributed by atoms with Crippen molar-refractivity contribution in [1.29, 1.82) is 0 Å². The molecule has 3 atom stereocenters. The predicted octanol–water partition coefficient (Wildman–Crippen LogP) is 7.92. The maximum atomic E-state index is 12.4. The van der Waals surface area contributed by atoms with E-state index in [0.717, 1.165) is 52.6 Å². The van der Waals surface area contributed by atoms with Crippen molar-refractivity contribution in [2.45, 2.75) is 81.5 Å². The van der Waals surface area contributed by atoms with Crippen molar-refractivity contribution in [3.63, 3.8) is 0 Å². The van der Waals surface area contributed by atoms with E-state index in [4.69, 9.17) is 14.6 Å². The molecule has 50 heavy (non-hydrogen) atoms. The zero-order valence-corrected chi connectivity index (χ0v) is 28.6. The minimum Gasteiger partial charge on any atom is -0.481 e. The van der Waals surface area contributed by atoms with Gasteiger partial charge in [0.1, 0.15) is 0 Å². The minimum absolute atomic E-state index is 0.0260. The largest absolute Gasteiger partial charge is 0.481 e. The van der Waals surface area contributed by atoms with Gasteiger partial charge in [0.2, 0.25) is 5.91 Å². The molecule has 0 aliphatic carbocycles. The van der Waals surface area contributed by atoms with Gasteiger partial charge in [-0.3, -0.25) is 9.59 Å². The maximum absolute atomic E-state index is 12.4. The predicted molar refractivity (Wildman–Crippen MR) is 192 cm³/mol. The van der Waals surface area contributed by atoms with Crippen molar-refractivity contribution < 1.29 is 39.2 Å². The molecule has 1 heterocycles. The number of aliphatic carboxylic acids is 1. The first kappa shape index (κ1) is 36.8. The normalized spacial score (nSPS) is 17.3. The van der Waals surface area contributed by atoms with Gasteiger partial charge in [-0.2, -0.15) is 0 Å². The Hall–Kier alpha value is -4.48. The van der Waals surface area contributed by atoms with E-state index in [-0.39, 0.29) is 36.7 Å². The first-order chi connectivity index (χ1) is 24.3. The third-order valence-electron chi connectivity index (χ3n) is 8.61. The zero-order valence-electron chi connectivity index (χ0n) is 27.8. The van der Waals surface area contributed by atoms with Crippen LogP contribution in [0.3, 0.4) is 0 Å². The van der Waals surface area contributed by atoms with Crippen molar-refractivity contribution in [1.82, 2.24) is 5.32 Å². The number of carbonyl (C=O) groups is 3. The van der Waals surface area contributed by atoms with Crippen LogP contribution in [-0.4, -0.2) is 45.0 Å². The molecule has 0 radical (unpaired) electrons. The van der Waals surface area contributed by atoms with Gasteiger partial charge < -0.3 is 30.1 Å². The highest BCUT2D eigenvalue weighted by Crippen LogP contribution is 2.40. The zero-order chi connectivity index (χ0) is 35.3. The molecule has 1 aliphatic heterocycles. The number of carbonyl (C=O) groups excluding carboxylic acids is 1. The van der Waals surface area contributed by atoms with Crippen molar-refractivity contribution >= 4 is 29.6 Å². The van der Waals surface area contributed by atoms with E-state index >= 15 is 0 Å². The average molecular weight is 698 g/mol. The fourth-order valence-corrected chi connectivity index (χ4v) is 6.97. The molecule has 0 spiro atoms. The molecule has 1 fully saturated rings. The number of aliphatic hydroxyl groups is 1. The van der Waals surface area contributed by atoms with Crippen molar-refractivity contribution in [2.24, 2.45) is 0 Å². The Morgan fingerprint density at radius 2 is 1.46 bits per heavy atom. The second-order valence-corrected chi connectivity index (χ2v) is 13.4. The van der Waals surface area contributed by atoms with Gasteiger partial charge in [-0.15, -0.1) is 11.8 Å². The summed E-state index contributed by atoms with van der Waals surface area (Å²) in [7, 11) is 0. The van der Waals surface area contributed by atoms with E-state index in [1.54, 1.807) is 12.1 Å². The van der Waals surface area contributed by atoms with Gasteiger partial charge in [0, 0.05) is 42.0 Å². The lowest BCUT2D eigenvalue weighted by atomic mass is 9.99. The molecule has 1 aliphatic rings. The third-order valence-corrected chi connectivity index (χ3v) is 9.82. The molecule has 0 aromatic heterocycles. The van der Waals surface area contributed by atoms with Crippen LogP contribution >= 0.6 is 11.8 Å². The molecule has 5 rings (SSSR count). The fourth-order valence-electron chi connectivity index (χ4n) is 5.90. The molecule has 0 bridgehead atoms. The third kappa shape index (κ3) is 10.8. The fraction of sp³-hybridized carbons (Fsp3) is 0.325. The molecule has 4 N–H and O–H groups in total. The van der Waals surface area contributed by atoms with Gasteiger partial charge in [0.05, 0.1) is 24.4 Å². The summed E-state index contributed by atoms with van der Waals surface area (Å²) in [6.07, 6.45) is 2.97. The number of amides is 1. The highest BCUT2D eigenvalue weighted by molar-refractivity contribution is 7.99. The summed E-state index contributed by atoms with van der Waals surface area (Å²) in [6, 6.07) is 30.7. The summed E-state index contributed by atoms with van der Waals surface area (Å²) in [5, 5.41) is 31.0. The Balaban J connectivity index is 1.26. The number of rotatable bonds is 17. The minimum atomic E-state index is -0.967. The molecule has 262 valence electrons. The van der Waals surface area contributed by atoms with E-state index in [1.807, 2.05) is 78.9 Å². The van der Waals surface area contributed by atoms with Crippen molar-refractivity contribution in [3.8, 4) is 11.1 Å². The lowest BCUT2D eigenvalue weighted by Crippen LogP contribution is -2.31. The number of carboxylic acid groups (broad SMARTS) is 2. The number of aromatic carboxylic acids is 1. The number of benzene rings is 4. The van der Waals surface area contributed by atoms with Gasteiger partial charge >= 0.3 is 11.9 Å². The summed E-state index contributed by atoms with van der Waals surface area (Å²) in [5.74, 6) is -1.25. The van der Waals surface area contributed by atoms with Crippen LogP contribution in [0.25, 0.3) is 11.1 Å². The second kappa shape index (κ2) is 18.5. The van der Waals surface area contributed by atoms with Gasteiger partial charge in [0.25, 0.3) is 0 Å². The lowest BCUT2D eigenvalue weighted by molar-refractivity contribution is -0.245. The molecule has 1 amide bonds. The molecule has 4 aromatic carbocycles. The maximum Gasteiger partial charge on any atom is 0.336 e.